The van der Waals surface area contributed by atoms with Gasteiger partial charge in [0, 0.05) is 48.0 Å². The van der Waals surface area contributed by atoms with Gasteiger partial charge in [-0.2, -0.15) is 4.31 Å². The van der Waals surface area contributed by atoms with Gasteiger partial charge in [0.15, 0.2) is 0 Å². The second-order valence-electron chi connectivity index (χ2n) is 7.83. The van der Waals surface area contributed by atoms with E-state index in [9.17, 15) is 18.0 Å². The van der Waals surface area contributed by atoms with Crippen LogP contribution < -0.4 is 10.9 Å². The van der Waals surface area contributed by atoms with Crippen LogP contribution in [0.15, 0.2) is 34.1 Å². The monoisotopic (exact) mass is 446 g/mol. The number of aromatic nitrogens is 2. The van der Waals surface area contributed by atoms with E-state index in [-0.39, 0.29) is 22.9 Å². The summed E-state index contributed by atoms with van der Waals surface area (Å²) in [6.45, 7) is 3.63. The van der Waals surface area contributed by atoms with Crippen LogP contribution in [0.3, 0.4) is 0 Å². The number of pyridine rings is 1. The van der Waals surface area contributed by atoms with Crippen molar-refractivity contribution < 1.29 is 18.3 Å². The molecule has 10 heteroatoms. The lowest BCUT2D eigenvalue weighted by molar-refractivity contribution is -0.137. The highest BCUT2D eigenvalue weighted by Crippen LogP contribution is 2.29. The Bertz CT molecular complexity index is 1290. The number of carboxylic acid groups (broad SMARTS) is 1. The molecule has 1 aromatic carbocycles. The molecular formula is C21H26N4O5S. The zero-order chi connectivity index (χ0) is 22.2. The van der Waals surface area contributed by atoms with E-state index in [4.69, 9.17) is 5.11 Å². The van der Waals surface area contributed by atoms with Gasteiger partial charge in [0.05, 0.1) is 4.90 Å². The maximum Gasteiger partial charge on any atom is 0.303 e. The van der Waals surface area contributed by atoms with E-state index >= 15 is 0 Å². The van der Waals surface area contributed by atoms with Crippen LogP contribution in [-0.2, 0) is 21.2 Å². The van der Waals surface area contributed by atoms with Gasteiger partial charge in [-0.15, -0.1) is 0 Å². The predicted molar refractivity (Wildman–Crippen MR) is 118 cm³/mol. The molecule has 166 valence electrons. The van der Waals surface area contributed by atoms with E-state index < -0.39 is 16.0 Å². The first-order chi connectivity index (χ1) is 14.8. The van der Waals surface area contributed by atoms with E-state index in [1.165, 1.54) is 10.4 Å². The molecule has 1 atom stereocenters. The molecule has 3 heterocycles. The predicted octanol–water partition coefficient (Wildman–Crippen LogP) is 1.79. The SMILES string of the molecule is CCN([C@H]1CCNC1)S(=O)(=O)c1ccc2[nH]c(=O)c3[nH]cc(CCCC(=O)O)c3c2c1. The van der Waals surface area contributed by atoms with E-state index in [1.807, 2.05) is 6.92 Å². The highest BCUT2D eigenvalue weighted by Gasteiger charge is 2.32. The van der Waals surface area contributed by atoms with E-state index in [0.717, 1.165) is 18.5 Å². The van der Waals surface area contributed by atoms with Crippen LogP contribution in [-0.4, -0.2) is 59.4 Å². The lowest BCUT2D eigenvalue weighted by Gasteiger charge is -2.26. The smallest absolute Gasteiger partial charge is 0.303 e. The van der Waals surface area contributed by atoms with Crippen molar-refractivity contribution in [2.45, 2.75) is 43.5 Å². The Morgan fingerprint density at radius 3 is 2.81 bits per heavy atom. The summed E-state index contributed by atoms with van der Waals surface area (Å²) in [5.74, 6) is -0.878. The minimum atomic E-state index is -3.72. The number of hydrogen-bond donors (Lipinski definition) is 4. The molecule has 4 N–H and O–H groups in total. The summed E-state index contributed by atoms with van der Waals surface area (Å²) >= 11 is 0. The van der Waals surface area contributed by atoms with E-state index in [1.54, 1.807) is 18.3 Å². The van der Waals surface area contributed by atoms with Crippen LogP contribution in [0.2, 0.25) is 0 Å². The third-order valence-corrected chi connectivity index (χ3v) is 7.92. The number of rotatable bonds is 8. The average Bonchev–Trinajstić information content (AvgIpc) is 3.39. The standard InChI is InChI=1S/C21H26N4O5S/c1-2-25(14-8-9-22-12-14)31(29,30)15-6-7-17-16(10-15)19-13(4-3-5-18(26)27)11-23-20(19)21(28)24-17/h6-7,10-11,14,22-23H,2-5,8-9,12H2,1H3,(H,24,28)(H,26,27)/t14-/m0/s1. The normalized spacial score (nSPS) is 17.2. The second-order valence-corrected chi connectivity index (χ2v) is 9.72. The fourth-order valence-electron chi connectivity index (χ4n) is 4.41. The number of hydrogen-bond acceptors (Lipinski definition) is 5. The van der Waals surface area contributed by atoms with Gasteiger partial charge in [-0.05, 0) is 49.6 Å². The number of benzene rings is 1. The topological polar surface area (TPSA) is 135 Å². The Kier molecular flexibility index (Phi) is 5.87. The minimum Gasteiger partial charge on any atom is -0.481 e. The summed E-state index contributed by atoms with van der Waals surface area (Å²) in [4.78, 5) is 29.3. The number of H-pyrrole nitrogens is 2. The first-order valence-electron chi connectivity index (χ1n) is 10.4. The fourth-order valence-corrected chi connectivity index (χ4v) is 6.10. The van der Waals surface area contributed by atoms with Crippen molar-refractivity contribution in [2.24, 2.45) is 0 Å². The maximum absolute atomic E-state index is 13.4. The molecule has 1 aliphatic heterocycles. The number of nitrogens with one attached hydrogen (secondary N) is 3. The first-order valence-corrected chi connectivity index (χ1v) is 11.9. The van der Waals surface area contributed by atoms with Gasteiger partial charge in [0.1, 0.15) is 5.52 Å². The summed E-state index contributed by atoms with van der Waals surface area (Å²) < 4.78 is 28.4. The minimum absolute atomic E-state index is 0.0221. The van der Waals surface area contributed by atoms with Gasteiger partial charge in [-0.1, -0.05) is 6.92 Å². The highest BCUT2D eigenvalue weighted by molar-refractivity contribution is 7.89. The summed E-state index contributed by atoms with van der Waals surface area (Å²) in [5, 5.41) is 13.4. The van der Waals surface area contributed by atoms with Crippen molar-refractivity contribution in [1.29, 1.82) is 0 Å². The quantitative estimate of drug-likeness (QED) is 0.417. The number of sulfonamides is 1. The lowest BCUT2D eigenvalue weighted by Crippen LogP contribution is -2.41. The summed E-state index contributed by atoms with van der Waals surface area (Å²) in [6.07, 6.45) is 3.38. The highest BCUT2D eigenvalue weighted by atomic mass is 32.2. The number of carbonyl (C=O) groups is 1. The molecule has 0 radical (unpaired) electrons. The molecule has 2 aromatic heterocycles. The molecule has 9 nitrogen and oxygen atoms in total. The molecule has 0 saturated carbocycles. The van der Waals surface area contributed by atoms with E-state index in [2.05, 4.69) is 15.3 Å². The van der Waals surface area contributed by atoms with Gasteiger partial charge >= 0.3 is 5.97 Å². The van der Waals surface area contributed by atoms with Crippen molar-refractivity contribution in [1.82, 2.24) is 19.6 Å². The summed E-state index contributed by atoms with van der Waals surface area (Å²) in [6, 6.07) is 4.68. The average molecular weight is 447 g/mol. The Balaban J connectivity index is 1.82. The number of carboxylic acids is 1. The zero-order valence-electron chi connectivity index (χ0n) is 17.3. The van der Waals surface area contributed by atoms with Crippen LogP contribution >= 0.6 is 0 Å². The Morgan fingerprint density at radius 2 is 2.13 bits per heavy atom. The third kappa shape index (κ3) is 3.98. The van der Waals surface area contributed by atoms with Crippen LogP contribution in [0, 0.1) is 0 Å². The first kappa shape index (κ1) is 21.5. The molecule has 0 bridgehead atoms. The van der Waals surface area contributed by atoms with Crippen molar-refractivity contribution in [2.75, 3.05) is 19.6 Å². The van der Waals surface area contributed by atoms with Crippen molar-refractivity contribution >= 4 is 37.8 Å². The lowest BCUT2D eigenvalue weighted by atomic mass is 10.0. The molecule has 31 heavy (non-hydrogen) atoms. The number of aryl methyl sites for hydroxylation is 1. The second kappa shape index (κ2) is 8.45. The number of likely N-dealkylation sites (N-methyl/N-ethyl adjacent to an activating group) is 1. The van der Waals surface area contributed by atoms with Crippen LogP contribution in [0.1, 0.15) is 31.7 Å². The van der Waals surface area contributed by atoms with Gasteiger partial charge in [0.25, 0.3) is 5.56 Å². The molecule has 1 saturated heterocycles. The Labute approximate surface area is 179 Å². The van der Waals surface area contributed by atoms with Gasteiger partial charge < -0.3 is 20.4 Å². The maximum atomic E-state index is 13.4. The molecule has 0 spiro atoms. The molecule has 1 fully saturated rings. The van der Waals surface area contributed by atoms with Crippen LogP contribution in [0.25, 0.3) is 21.8 Å². The Morgan fingerprint density at radius 1 is 1.32 bits per heavy atom. The van der Waals surface area contributed by atoms with Crippen molar-refractivity contribution in [3.8, 4) is 0 Å². The fraction of sp³-hybridized carbons (Fsp3) is 0.429. The number of nitrogens with zero attached hydrogens (tertiary/aromatic N) is 1. The van der Waals surface area contributed by atoms with Gasteiger partial charge in [-0.25, -0.2) is 8.42 Å². The molecular weight excluding hydrogens is 420 g/mol. The molecule has 3 aromatic rings. The third-order valence-electron chi connectivity index (χ3n) is 5.89. The Hall–Kier alpha value is -2.69. The number of aliphatic carboxylic acids is 1. The van der Waals surface area contributed by atoms with Crippen molar-refractivity contribution in [3.63, 3.8) is 0 Å². The van der Waals surface area contributed by atoms with Crippen molar-refractivity contribution in [3.05, 3.63) is 40.3 Å². The van der Waals surface area contributed by atoms with E-state index in [0.29, 0.717) is 47.7 Å². The number of fused-ring (bicyclic) bond motifs is 3. The van der Waals surface area contributed by atoms with Crippen LogP contribution in [0.4, 0.5) is 0 Å². The molecule has 4 rings (SSSR count). The van der Waals surface area contributed by atoms with Crippen LogP contribution in [0.5, 0.6) is 0 Å². The summed E-state index contributed by atoms with van der Waals surface area (Å²) in [5.41, 5.74) is 1.41. The molecule has 0 amide bonds. The van der Waals surface area contributed by atoms with Gasteiger partial charge in [0.2, 0.25) is 10.0 Å². The largest absolute Gasteiger partial charge is 0.481 e. The van der Waals surface area contributed by atoms with Gasteiger partial charge in [-0.3, -0.25) is 9.59 Å². The summed E-state index contributed by atoms with van der Waals surface area (Å²) in [7, 11) is -3.72. The zero-order valence-corrected chi connectivity index (χ0v) is 18.1. The molecule has 0 unspecified atom stereocenters. The molecule has 0 aliphatic carbocycles. The molecule has 1 aliphatic rings. The number of aromatic amines is 2.